The molecule has 1 fully saturated rings. The fourth-order valence-electron chi connectivity index (χ4n) is 3.05. The zero-order valence-electron chi connectivity index (χ0n) is 16.2. The molecule has 1 atom stereocenters. The summed E-state index contributed by atoms with van der Waals surface area (Å²) < 4.78 is 76.7. The molecular weight excluding hydrogens is 453 g/mol. The Kier molecular flexibility index (Phi) is 6.45. The Labute approximate surface area is 175 Å². The number of nitrogens with zero attached hydrogens (tertiary/aromatic N) is 5. The highest BCUT2D eigenvalue weighted by Crippen LogP contribution is 2.34. The molecule has 0 N–H and O–H groups in total. The molecule has 170 valence electrons. The Balaban J connectivity index is 1.99. The highest BCUT2D eigenvalue weighted by Gasteiger charge is 2.45. The summed E-state index contributed by atoms with van der Waals surface area (Å²) in [5.74, 6) is 0. The van der Waals surface area contributed by atoms with Crippen LogP contribution in [0.5, 0.6) is 0 Å². The topological polar surface area (TPSA) is 89.3 Å². The Morgan fingerprint density at radius 3 is 2.65 bits per heavy atom. The predicted molar refractivity (Wildman–Crippen MR) is 95.3 cm³/mol. The zero-order valence-corrected chi connectivity index (χ0v) is 17.0. The number of imidazole rings is 1. The molecule has 9 nitrogen and oxygen atoms in total. The van der Waals surface area contributed by atoms with Crippen LogP contribution in [0.25, 0.3) is 4.96 Å². The lowest BCUT2D eigenvalue weighted by atomic mass is 10.2. The maximum Gasteiger partial charge on any atom is 0.435 e. The summed E-state index contributed by atoms with van der Waals surface area (Å²) in [6.45, 7) is 0.236. The molecule has 2 aromatic heterocycles. The van der Waals surface area contributed by atoms with Gasteiger partial charge in [0.25, 0.3) is 6.08 Å². The van der Waals surface area contributed by atoms with Crippen molar-refractivity contribution in [1.29, 1.82) is 0 Å². The number of hydrogen-bond donors (Lipinski definition) is 0. The summed E-state index contributed by atoms with van der Waals surface area (Å²) in [5.41, 5.74) is -1.73. The zero-order chi connectivity index (χ0) is 22.9. The number of imide groups is 1. The maximum absolute atomic E-state index is 13.5. The van der Waals surface area contributed by atoms with Crippen molar-refractivity contribution in [2.75, 3.05) is 20.3 Å². The van der Waals surface area contributed by atoms with Gasteiger partial charge in [0, 0.05) is 19.7 Å². The monoisotopic (exact) mass is 469 g/mol. The van der Waals surface area contributed by atoms with Crippen molar-refractivity contribution < 1.29 is 41.0 Å². The molecule has 0 aromatic carbocycles. The van der Waals surface area contributed by atoms with Crippen molar-refractivity contribution in [3.05, 3.63) is 28.6 Å². The van der Waals surface area contributed by atoms with Gasteiger partial charge in [0.05, 0.1) is 31.5 Å². The van der Waals surface area contributed by atoms with Crippen LogP contribution in [0.15, 0.2) is 12.2 Å². The number of carbonyl (C=O) groups is 2. The van der Waals surface area contributed by atoms with E-state index in [-0.39, 0.29) is 18.2 Å². The van der Waals surface area contributed by atoms with Crippen LogP contribution in [0, 0.1) is 0 Å². The number of alkyl halides is 3. The molecule has 0 saturated carbocycles. The van der Waals surface area contributed by atoms with E-state index < -0.39 is 54.9 Å². The van der Waals surface area contributed by atoms with Gasteiger partial charge in [0.2, 0.25) is 4.96 Å². The molecule has 0 radical (unpaired) electrons. The minimum atomic E-state index is -4.85. The first kappa shape index (κ1) is 22.9. The van der Waals surface area contributed by atoms with Crippen molar-refractivity contribution in [2.45, 2.75) is 32.3 Å². The highest BCUT2D eigenvalue weighted by atomic mass is 32.1. The van der Waals surface area contributed by atoms with Crippen LogP contribution in [0.1, 0.15) is 23.3 Å². The number of methoxy groups -OCH3 is 1. The van der Waals surface area contributed by atoms with E-state index in [0.29, 0.717) is 16.0 Å². The van der Waals surface area contributed by atoms with Crippen molar-refractivity contribution in [3.8, 4) is 0 Å². The molecule has 31 heavy (non-hydrogen) atoms. The second-order valence-electron chi connectivity index (χ2n) is 6.28. The molecule has 1 unspecified atom stereocenters. The largest absolute Gasteiger partial charge is 0.449 e. The first-order chi connectivity index (χ1) is 14.6. The van der Waals surface area contributed by atoms with Gasteiger partial charge in [-0.05, 0) is 6.92 Å². The number of amides is 3. The quantitative estimate of drug-likeness (QED) is 0.602. The number of urea groups is 1. The fourth-order valence-corrected chi connectivity index (χ4v) is 3.94. The third-order valence-corrected chi connectivity index (χ3v) is 5.10. The molecule has 0 aliphatic carbocycles. The summed E-state index contributed by atoms with van der Waals surface area (Å²) in [6, 6.07) is -2.48. The van der Waals surface area contributed by atoms with E-state index in [1.165, 1.54) is 14.0 Å². The number of rotatable bonds is 6. The van der Waals surface area contributed by atoms with Crippen LogP contribution in [-0.4, -0.2) is 62.8 Å². The number of halogens is 5. The van der Waals surface area contributed by atoms with Crippen LogP contribution in [0.2, 0.25) is 0 Å². The summed E-state index contributed by atoms with van der Waals surface area (Å²) in [6.07, 6.45) is -7.81. The van der Waals surface area contributed by atoms with Gasteiger partial charge >= 0.3 is 18.3 Å². The lowest BCUT2D eigenvalue weighted by Crippen LogP contribution is -2.40. The first-order valence-electron chi connectivity index (χ1n) is 8.78. The van der Waals surface area contributed by atoms with E-state index in [1.807, 2.05) is 0 Å². The van der Waals surface area contributed by atoms with Gasteiger partial charge in [-0.25, -0.2) is 24.0 Å². The van der Waals surface area contributed by atoms with Gasteiger partial charge in [0.1, 0.15) is 5.01 Å². The van der Waals surface area contributed by atoms with Crippen LogP contribution in [0.4, 0.5) is 31.5 Å². The molecule has 3 amide bonds. The summed E-state index contributed by atoms with van der Waals surface area (Å²) in [7, 11) is 1.39. The maximum atomic E-state index is 13.5. The standard InChI is InChI=1S/C16H16F5N5O4S/c1-3-30-15(28)25-8(4-10(17)18)5-24(14(25)27)6-9-12(16(19,20)21)22-13-26(9)23-11(31-13)7-29-2/h4,8H,3,5-7H2,1-2H3. The minimum Gasteiger partial charge on any atom is -0.449 e. The summed E-state index contributed by atoms with van der Waals surface area (Å²) in [4.78, 5) is 29.5. The van der Waals surface area contributed by atoms with E-state index in [9.17, 15) is 31.5 Å². The Morgan fingerprint density at radius 2 is 2.06 bits per heavy atom. The smallest absolute Gasteiger partial charge is 0.435 e. The van der Waals surface area contributed by atoms with E-state index in [4.69, 9.17) is 9.47 Å². The molecule has 0 bridgehead atoms. The molecule has 1 aliphatic rings. The normalized spacial score (nSPS) is 17.0. The number of aromatic nitrogens is 3. The first-order valence-corrected chi connectivity index (χ1v) is 9.59. The Morgan fingerprint density at radius 1 is 1.35 bits per heavy atom. The third-order valence-electron chi connectivity index (χ3n) is 4.21. The molecule has 3 rings (SSSR count). The van der Waals surface area contributed by atoms with Gasteiger partial charge in [-0.15, -0.1) is 0 Å². The second-order valence-corrected chi connectivity index (χ2v) is 7.32. The van der Waals surface area contributed by atoms with E-state index in [0.717, 1.165) is 20.8 Å². The number of hydrogen-bond acceptors (Lipinski definition) is 7. The van der Waals surface area contributed by atoms with Crippen LogP contribution < -0.4 is 0 Å². The van der Waals surface area contributed by atoms with Gasteiger partial charge in [0.15, 0.2) is 5.69 Å². The van der Waals surface area contributed by atoms with Gasteiger partial charge < -0.3 is 14.4 Å². The van der Waals surface area contributed by atoms with Gasteiger partial charge in [-0.3, -0.25) is 0 Å². The second kappa shape index (κ2) is 8.74. The Hall–Kier alpha value is -2.81. The number of fused-ring (bicyclic) bond motifs is 1. The molecule has 1 saturated heterocycles. The molecule has 0 spiro atoms. The number of ether oxygens (including phenoxy) is 2. The van der Waals surface area contributed by atoms with Crippen molar-refractivity contribution in [1.82, 2.24) is 24.4 Å². The Bertz CT molecular complexity index is 1020. The molecule has 3 heterocycles. The molecular formula is C16H16F5N5O4S. The lowest BCUT2D eigenvalue weighted by molar-refractivity contribution is -0.141. The van der Waals surface area contributed by atoms with E-state index in [2.05, 4.69) is 10.1 Å². The van der Waals surface area contributed by atoms with Crippen molar-refractivity contribution in [2.24, 2.45) is 0 Å². The predicted octanol–water partition coefficient (Wildman–Crippen LogP) is 3.50. The highest BCUT2D eigenvalue weighted by molar-refractivity contribution is 7.16. The fraction of sp³-hybridized carbons (Fsp3) is 0.500. The molecule has 15 heteroatoms. The van der Waals surface area contributed by atoms with Crippen LogP contribution in [-0.2, 0) is 28.8 Å². The molecule has 2 aromatic rings. The van der Waals surface area contributed by atoms with E-state index >= 15 is 0 Å². The van der Waals surface area contributed by atoms with Crippen LogP contribution in [0.3, 0.4) is 0 Å². The van der Waals surface area contributed by atoms with Crippen molar-refractivity contribution >= 4 is 28.4 Å². The van der Waals surface area contributed by atoms with Gasteiger partial charge in [-0.2, -0.15) is 27.1 Å². The average Bonchev–Trinajstić information content (AvgIpc) is 3.27. The number of carbonyl (C=O) groups excluding carboxylic acids is 2. The van der Waals surface area contributed by atoms with Gasteiger partial charge in [-0.1, -0.05) is 11.3 Å². The third kappa shape index (κ3) is 4.61. The van der Waals surface area contributed by atoms with E-state index in [1.54, 1.807) is 0 Å². The molecule has 1 aliphatic heterocycles. The average molecular weight is 469 g/mol. The lowest BCUT2D eigenvalue weighted by Gasteiger charge is -2.18. The van der Waals surface area contributed by atoms with Crippen LogP contribution >= 0.6 is 11.3 Å². The van der Waals surface area contributed by atoms with Crippen molar-refractivity contribution in [3.63, 3.8) is 0 Å². The summed E-state index contributed by atoms with van der Waals surface area (Å²) in [5, 5.41) is 4.38. The minimum absolute atomic E-state index is 0.0384. The SMILES string of the molecule is CCOC(=O)N1C(=O)N(Cc2c(C(F)(F)F)nc3sc(COC)nn23)CC1C=C(F)F. The summed E-state index contributed by atoms with van der Waals surface area (Å²) >= 11 is 0.872.